The molecule has 1 aromatic heterocycles. The number of hydrogen-bond donors (Lipinski definition) is 3. The molecule has 0 radical (unpaired) electrons. The van der Waals surface area contributed by atoms with Crippen molar-refractivity contribution in [3.8, 4) is 0 Å². The molecular formula is C30H29N5O3S. The predicted molar refractivity (Wildman–Crippen MR) is 153 cm³/mol. The predicted octanol–water partition coefficient (Wildman–Crippen LogP) is 6.12. The van der Waals surface area contributed by atoms with Crippen LogP contribution in [-0.4, -0.2) is 31.7 Å². The Morgan fingerprint density at radius 2 is 1.74 bits per heavy atom. The maximum atomic E-state index is 13.7. The van der Waals surface area contributed by atoms with E-state index in [2.05, 4.69) is 42.7 Å². The summed E-state index contributed by atoms with van der Waals surface area (Å²) in [5.41, 5.74) is 7.32. The van der Waals surface area contributed by atoms with Gasteiger partial charge < -0.3 is 15.7 Å². The van der Waals surface area contributed by atoms with E-state index in [1.165, 1.54) is 28.5 Å². The highest BCUT2D eigenvalue weighted by molar-refractivity contribution is 7.98. The van der Waals surface area contributed by atoms with Gasteiger partial charge in [-0.2, -0.15) is 4.98 Å². The number of allylic oxidation sites excluding steroid dienone is 1. The number of aromatic carboxylic acids is 1. The second-order valence-corrected chi connectivity index (χ2v) is 10.6. The van der Waals surface area contributed by atoms with Crippen molar-refractivity contribution in [2.75, 3.05) is 10.6 Å². The Balaban J connectivity index is 1.51. The number of anilines is 2. The van der Waals surface area contributed by atoms with Crippen LogP contribution in [0.2, 0.25) is 0 Å². The van der Waals surface area contributed by atoms with Crippen molar-refractivity contribution >= 4 is 35.3 Å². The minimum absolute atomic E-state index is 0.169. The van der Waals surface area contributed by atoms with E-state index in [4.69, 9.17) is 10.1 Å². The first-order valence-electron chi connectivity index (χ1n) is 12.5. The Hall–Kier alpha value is -4.37. The molecule has 2 heterocycles. The van der Waals surface area contributed by atoms with E-state index in [0.29, 0.717) is 28.1 Å². The summed E-state index contributed by atoms with van der Waals surface area (Å²) in [6.45, 7) is 7.94. The number of rotatable bonds is 7. The monoisotopic (exact) mass is 539 g/mol. The van der Waals surface area contributed by atoms with Gasteiger partial charge in [-0.25, -0.2) is 9.48 Å². The first-order chi connectivity index (χ1) is 18.7. The van der Waals surface area contributed by atoms with E-state index in [1.807, 2.05) is 38.1 Å². The van der Waals surface area contributed by atoms with Gasteiger partial charge in [0.2, 0.25) is 11.1 Å². The minimum Gasteiger partial charge on any atom is -0.478 e. The highest BCUT2D eigenvalue weighted by atomic mass is 32.2. The Bertz CT molecular complexity index is 1610. The van der Waals surface area contributed by atoms with E-state index in [9.17, 15) is 14.7 Å². The van der Waals surface area contributed by atoms with Gasteiger partial charge in [-0.3, -0.25) is 4.79 Å². The van der Waals surface area contributed by atoms with E-state index in [-0.39, 0.29) is 11.5 Å². The summed E-state index contributed by atoms with van der Waals surface area (Å²) in [5.74, 6) is -0.0483. The van der Waals surface area contributed by atoms with Crippen LogP contribution in [0.15, 0.2) is 83.2 Å². The third kappa shape index (κ3) is 5.44. The Morgan fingerprint density at radius 1 is 1.00 bits per heavy atom. The lowest BCUT2D eigenvalue weighted by Crippen LogP contribution is -2.31. The fraction of sp³-hybridized carbons (Fsp3) is 0.200. The van der Waals surface area contributed by atoms with Gasteiger partial charge in [-0.05, 0) is 68.1 Å². The second-order valence-electron chi connectivity index (χ2n) is 9.64. The summed E-state index contributed by atoms with van der Waals surface area (Å²) >= 11 is 1.53. The maximum absolute atomic E-state index is 13.7. The van der Waals surface area contributed by atoms with Gasteiger partial charge in [0.05, 0.1) is 11.1 Å². The van der Waals surface area contributed by atoms with Crippen molar-refractivity contribution in [2.24, 2.45) is 0 Å². The van der Waals surface area contributed by atoms with Crippen LogP contribution in [0, 0.1) is 20.8 Å². The molecule has 1 aliphatic rings. The summed E-state index contributed by atoms with van der Waals surface area (Å²) < 4.78 is 1.71. The van der Waals surface area contributed by atoms with Crippen molar-refractivity contribution in [3.05, 3.63) is 111 Å². The molecule has 198 valence electrons. The number of carbonyl (C=O) groups is 2. The van der Waals surface area contributed by atoms with Crippen LogP contribution in [0.3, 0.4) is 0 Å². The Labute approximate surface area is 231 Å². The molecule has 5 rings (SSSR count). The van der Waals surface area contributed by atoms with Crippen LogP contribution in [-0.2, 0) is 10.5 Å². The fourth-order valence-electron chi connectivity index (χ4n) is 4.60. The Morgan fingerprint density at radius 3 is 2.46 bits per heavy atom. The van der Waals surface area contributed by atoms with Gasteiger partial charge in [0, 0.05) is 17.1 Å². The molecule has 3 aromatic carbocycles. The maximum Gasteiger partial charge on any atom is 0.335 e. The first kappa shape index (κ1) is 26.2. The van der Waals surface area contributed by atoms with Crippen LogP contribution < -0.4 is 10.6 Å². The fourth-order valence-corrected chi connectivity index (χ4v) is 5.50. The molecule has 0 bridgehead atoms. The Kier molecular flexibility index (Phi) is 7.26. The van der Waals surface area contributed by atoms with Crippen LogP contribution in [0.5, 0.6) is 0 Å². The number of hydrogen-bond acceptors (Lipinski definition) is 6. The SMILES string of the molecule is CC1=C(C(=O)Nc2ccccc2C)C(c2ccc(C(=O)O)cc2)n2nc(SCc3cc(C)ccc3C)nc2N1. The smallest absolute Gasteiger partial charge is 0.335 e. The lowest BCUT2D eigenvalue weighted by atomic mass is 9.94. The molecule has 3 N–H and O–H groups in total. The quantitative estimate of drug-likeness (QED) is 0.243. The zero-order valence-corrected chi connectivity index (χ0v) is 23.0. The molecule has 39 heavy (non-hydrogen) atoms. The van der Waals surface area contributed by atoms with Crippen molar-refractivity contribution < 1.29 is 14.7 Å². The number of nitrogens with one attached hydrogen (secondary N) is 2. The lowest BCUT2D eigenvalue weighted by molar-refractivity contribution is -0.113. The highest BCUT2D eigenvalue weighted by Crippen LogP contribution is 2.37. The second kappa shape index (κ2) is 10.8. The van der Waals surface area contributed by atoms with E-state index in [1.54, 1.807) is 28.9 Å². The van der Waals surface area contributed by atoms with E-state index >= 15 is 0 Å². The molecule has 0 saturated heterocycles. The highest BCUT2D eigenvalue weighted by Gasteiger charge is 2.34. The third-order valence-corrected chi connectivity index (χ3v) is 7.69. The number of carboxylic acid groups (broad SMARTS) is 1. The molecular weight excluding hydrogens is 510 g/mol. The van der Waals surface area contributed by atoms with Gasteiger partial charge in [-0.1, -0.05) is 65.9 Å². The van der Waals surface area contributed by atoms with Gasteiger partial charge in [0.15, 0.2) is 0 Å². The zero-order chi connectivity index (χ0) is 27.7. The molecule has 0 aliphatic carbocycles. The largest absolute Gasteiger partial charge is 0.478 e. The number of amides is 1. The number of benzene rings is 3. The van der Waals surface area contributed by atoms with E-state index in [0.717, 1.165) is 16.8 Å². The van der Waals surface area contributed by atoms with Crippen LogP contribution in [0.1, 0.15) is 51.1 Å². The van der Waals surface area contributed by atoms with Gasteiger partial charge in [0.25, 0.3) is 5.91 Å². The third-order valence-electron chi connectivity index (χ3n) is 6.81. The topological polar surface area (TPSA) is 109 Å². The van der Waals surface area contributed by atoms with Crippen LogP contribution in [0.4, 0.5) is 11.6 Å². The van der Waals surface area contributed by atoms with Crippen molar-refractivity contribution in [1.82, 2.24) is 14.8 Å². The van der Waals surface area contributed by atoms with Crippen molar-refractivity contribution in [3.63, 3.8) is 0 Å². The molecule has 0 spiro atoms. The average molecular weight is 540 g/mol. The molecule has 9 heteroatoms. The van der Waals surface area contributed by atoms with Crippen LogP contribution in [0.25, 0.3) is 0 Å². The summed E-state index contributed by atoms with van der Waals surface area (Å²) in [6, 6.07) is 19.9. The van der Waals surface area contributed by atoms with Crippen LogP contribution >= 0.6 is 11.8 Å². The number of fused-ring (bicyclic) bond motifs is 1. The molecule has 1 unspecified atom stereocenters. The number of para-hydroxylation sites is 1. The number of aromatic nitrogens is 3. The van der Waals surface area contributed by atoms with Crippen molar-refractivity contribution in [1.29, 1.82) is 0 Å². The van der Waals surface area contributed by atoms with Crippen molar-refractivity contribution in [2.45, 2.75) is 44.6 Å². The molecule has 8 nitrogen and oxygen atoms in total. The molecule has 0 fully saturated rings. The summed E-state index contributed by atoms with van der Waals surface area (Å²) in [7, 11) is 0. The average Bonchev–Trinajstić information content (AvgIpc) is 3.32. The molecule has 1 amide bonds. The number of carbonyl (C=O) groups excluding carboxylic acids is 1. The van der Waals surface area contributed by atoms with E-state index < -0.39 is 12.0 Å². The summed E-state index contributed by atoms with van der Waals surface area (Å²) in [4.78, 5) is 29.9. The van der Waals surface area contributed by atoms with Gasteiger partial charge in [0.1, 0.15) is 6.04 Å². The first-order valence-corrected chi connectivity index (χ1v) is 13.5. The summed E-state index contributed by atoms with van der Waals surface area (Å²) in [5, 5.41) is 21.1. The normalized spacial score (nSPS) is 14.5. The zero-order valence-electron chi connectivity index (χ0n) is 22.1. The lowest BCUT2D eigenvalue weighted by Gasteiger charge is -2.29. The number of nitrogens with zero attached hydrogens (tertiary/aromatic N) is 3. The number of thioether (sulfide) groups is 1. The minimum atomic E-state index is -1.01. The van der Waals surface area contributed by atoms with Gasteiger partial charge >= 0.3 is 5.97 Å². The standard InChI is InChI=1S/C30H29N5O3S/c1-17-9-10-18(2)23(15-17)16-39-30-33-29-31-20(4)25(27(36)32-24-8-6-5-7-19(24)3)26(35(29)34-30)21-11-13-22(14-12-21)28(37)38/h5-15,26H,16H2,1-4H3,(H,32,36)(H,37,38)(H,31,33,34). The van der Waals surface area contributed by atoms with Gasteiger partial charge in [-0.15, -0.1) is 5.10 Å². The number of aryl methyl sites for hydroxylation is 3. The molecule has 4 aromatic rings. The summed E-state index contributed by atoms with van der Waals surface area (Å²) in [6.07, 6.45) is 0. The molecule has 1 atom stereocenters. The number of carboxylic acids is 1. The molecule has 0 saturated carbocycles. The molecule has 1 aliphatic heterocycles.